The smallest absolute Gasteiger partial charge is 0.238 e. The van der Waals surface area contributed by atoms with E-state index in [4.69, 9.17) is 11.6 Å². The third-order valence-electron chi connectivity index (χ3n) is 2.25. The Morgan fingerprint density at radius 1 is 1.64 bits per heavy atom. The van der Waals surface area contributed by atoms with E-state index in [1.165, 1.54) is 11.4 Å². The van der Waals surface area contributed by atoms with Crippen LogP contribution in [0.4, 0.5) is 0 Å². The van der Waals surface area contributed by atoms with Crippen molar-refractivity contribution in [3.63, 3.8) is 0 Å². The molecule has 0 aromatic heterocycles. The van der Waals surface area contributed by atoms with Gasteiger partial charge in [0.05, 0.1) is 0 Å². The minimum absolute atomic E-state index is 0.267. The van der Waals surface area contributed by atoms with Gasteiger partial charge in [0.1, 0.15) is 11.3 Å². The molecule has 1 aliphatic heterocycles. The highest BCUT2D eigenvalue weighted by atomic mass is 35.5. The normalized spacial score (nSPS) is 23.7. The van der Waals surface area contributed by atoms with E-state index in [1.807, 2.05) is 0 Å². The number of carbonyl (C=O) groups is 1. The Morgan fingerprint density at radius 3 is 2.79 bits per heavy atom. The van der Waals surface area contributed by atoms with Gasteiger partial charge in [-0.05, 0) is 12.8 Å². The lowest BCUT2D eigenvalue weighted by Gasteiger charge is -2.21. The maximum atomic E-state index is 11.4. The lowest BCUT2D eigenvalue weighted by atomic mass is 10.2. The minimum atomic E-state index is -3.46. The topological polar surface area (TPSA) is 66.5 Å². The van der Waals surface area contributed by atoms with Crippen LogP contribution in [0.1, 0.15) is 12.8 Å². The van der Waals surface area contributed by atoms with Crippen LogP contribution in [0.3, 0.4) is 0 Å². The molecule has 1 unspecified atom stereocenters. The van der Waals surface area contributed by atoms with Crippen LogP contribution in [-0.4, -0.2) is 43.5 Å². The molecule has 0 bridgehead atoms. The van der Waals surface area contributed by atoms with Crippen molar-refractivity contribution in [2.45, 2.75) is 18.9 Å². The number of rotatable bonds is 3. The fourth-order valence-electron chi connectivity index (χ4n) is 1.56. The quantitative estimate of drug-likeness (QED) is 0.691. The summed E-state index contributed by atoms with van der Waals surface area (Å²) in [6, 6.07) is -0.580. The highest BCUT2D eigenvalue weighted by Gasteiger charge is 2.37. The number of carbonyl (C=O) groups excluding carboxylic acids is 1. The van der Waals surface area contributed by atoms with Gasteiger partial charge < -0.3 is 5.32 Å². The largest absolute Gasteiger partial charge is 0.358 e. The highest BCUT2D eigenvalue weighted by Crippen LogP contribution is 2.21. The average molecular weight is 241 g/mol. The van der Waals surface area contributed by atoms with Crippen LogP contribution in [0.15, 0.2) is 0 Å². The summed E-state index contributed by atoms with van der Waals surface area (Å²) >= 11 is 5.33. The standard InChI is InChI=1S/C7H13ClN2O3S/c1-9-7(11)6-3-2-4-10(6)14(12,13)5-8/h6H,2-5H2,1H3,(H,9,11). The van der Waals surface area contributed by atoms with Crippen molar-refractivity contribution in [3.8, 4) is 0 Å². The number of sulfonamides is 1. The zero-order valence-electron chi connectivity index (χ0n) is 7.86. The Balaban J connectivity index is 2.84. The monoisotopic (exact) mass is 240 g/mol. The molecule has 0 aromatic carbocycles. The number of likely N-dealkylation sites (N-methyl/N-ethyl adjacent to an activating group) is 1. The summed E-state index contributed by atoms with van der Waals surface area (Å²) < 4.78 is 24.1. The molecule has 1 heterocycles. The maximum absolute atomic E-state index is 11.4. The molecule has 0 spiro atoms. The Morgan fingerprint density at radius 2 is 2.29 bits per heavy atom. The molecule has 1 amide bonds. The van der Waals surface area contributed by atoms with Crippen molar-refractivity contribution >= 4 is 27.5 Å². The molecule has 1 saturated heterocycles. The van der Waals surface area contributed by atoms with Crippen molar-refractivity contribution in [1.82, 2.24) is 9.62 Å². The molecular formula is C7H13ClN2O3S. The van der Waals surface area contributed by atoms with Crippen molar-refractivity contribution < 1.29 is 13.2 Å². The van der Waals surface area contributed by atoms with E-state index in [-0.39, 0.29) is 5.91 Å². The molecule has 5 nitrogen and oxygen atoms in total. The van der Waals surface area contributed by atoms with Gasteiger partial charge in [-0.25, -0.2) is 8.42 Å². The maximum Gasteiger partial charge on any atom is 0.238 e. The molecule has 1 N–H and O–H groups in total. The molecule has 1 aliphatic rings. The summed E-state index contributed by atoms with van der Waals surface area (Å²) in [5, 5.41) is 1.97. The van der Waals surface area contributed by atoms with Crippen molar-refractivity contribution in [3.05, 3.63) is 0 Å². The average Bonchev–Trinajstić information content (AvgIpc) is 2.65. The zero-order chi connectivity index (χ0) is 10.8. The summed E-state index contributed by atoms with van der Waals surface area (Å²) in [6.45, 7) is 0.382. The Labute approximate surface area is 88.5 Å². The lowest BCUT2D eigenvalue weighted by Crippen LogP contribution is -2.45. The Bertz CT molecular complexity index is 317. The van der Waals surface area contributed by atoms with Gasteiger partial charge in [0.2, 0.25) is 15.9 Å². The number of halogens is 1. The molecular weight excluding hydrogens is 228 g/mol. The summed E-state index contributed by atoms with van der Waals surface area (Å²) in [5.41, 5.74) is 0. The van der Waals surface area contributed by atoms with Gasteiger partial charge in [-0.15, -0.1) is 11.6 Å². The van der Waals surface area contributed by atoms with Crippen molar-refractivity contribution in [2.24, 2.45) is 0 Å². The SMILES string of the molecule is CNC(=O)C1CCCN1S(=O)(=O)CCl. The summed E-state index contributed by atoms with van der Waals surface area (Å²) in [6.07, 6.45) is 1.27. The second-order valence-electron chi connectivity index (χ2n) is 3.10. The predicted molar refractivity (Wildman–Crippen MR) is 53.4 cm³/mol. The second kappa shape index (κ2) is 4.46. The van der Waals surface area contributed by atoms with Gasteiger partial charge in [0.25, 0.3) is 0 Å². The molecule has 0 aliphatic carbocycles. The highest BCUT2D eigenvalue weighted by molar-refractivity contribution is 7.90. The van der Waals surface area contributed by atoms with Crippen LogP contribution >= 0.6 is 11.6 Å². The van der Waals surface area contributed by atoms with Gasteiger partial charge in [-0.1, -0.05) is 0 Å². The molecule has 0 saturated carbocycles. The van der Waals surface area contributed by atoms with Gasteiger partial charge in [0, 0.05) is 13.6 Å². The van der Waals surface area contributed by atoms with Gasteiger partial charge >= 0.3 is 0 Å². The number of hydrogen-bond acceptors (Lipinski definition) is 3. The summed E-state index contributed by atoms with van der Waals surface area (Å²) in [5.74, 6) is -0.267. The van der Waals surface area contributed by atoms with Crippen molar-refractivity contribution in [1.29, 1.82) is 0 Å². The van der Waals surface area contributed by atoms with Crippen molar-refractivity contribution in [2.75, 3.05) is 18.8 Å². The number of amides is 1. The molecule has 82 valence electrons. The number of hydrogen-bond donors (Lipinski definition) is 1. The third kappa shape index (κ3) is 2.18. The van der Waals surface area contributed by atoms with E-state index >= 15 is 0 Å². The predicted octanol–water partition coefficient (Wildman–Crippen LogP) is -0.277. The Hall–Kier alpha value is -0.330. The first kappa shape index (κ1) is 11.7. The first-order valence-electron chi connectivity index (χ1n) is 4.30. The van der Waals surface area contributed by atoms with Crippen LogP contribution in [0.5, 0.6) is 0 Å². The molecule has 0 aromatic rings. The molecule has 1 rings (SSSR count). The van der Waals surface area contributed by atoms with Crippen LogP contribution in [0.2, 0.25) is 0 Å². The van der Waals surface area contributed by atoms with E-state index in [9.17, 15) is 13.2 Å². The molecule has 14 heavy (non-hydrogen) atoms. The summed E-state index contributed by atoms with van der Waals surface area (Å²) in [7, 11) is -1.97. The van der Waals surface area contributed by atoms with E-state index in [0.29, 0.717) is 19.4 Å². The first-order valence-corrected chi connectivity index (χ1v) is 6.44. The van der Waals surface area contributed by atoms with Gasteiger partial charge in [-0.3, -0.25) is 4.79 Å². The molecule has 7 heteroatoms. The lowest BCUT2D eigenvalue weighted by molar-refractivity contribution is -0.123. The number of nitrogens with zero attached hydrogens (tertiary/aromatic N) is 1. The van der Waals surface area contributed by atoms with E-state index in [2.05, 4.69) is 5.32 Å². The van der Waals surface area contributed by atoms with E-state index in [0.717, 1.165) is 0 Å². The van der Waals surface area contributed by atoms with Crippen LogP contribution in [-0.2, 0) is 14.8 Å². The third-order valence-corrected chi connectivity index (χ3v) is 4.50. The number of alkyl halides is 1. The van der Waals surface area contributed by atoms with Crippen LogP contribution in [0, 0.1) is 0 Å². The summed E-state index contributed by atoms with van der Waals surface area (Å²) in [4.78, 5) is 11.3. The number of nitrogens with one attached hydrogen (secondary N) is 1. The molecule has 1 atom stereocenters. The second-order valence-corrected chi connectivity index (χ2v) is 5.61. The zero-order valence-corrected chi connectivity index (χ0v) is 9.44. The van der Waals surface area contributed by atoms with Gasteiger partial charge in [-0.2, -0.15) is 4.31 Å². The van der Waals surface area contributed by atoms with Gasteiger partial charge in [0.15, 0.2) is 0 Å². The fourth-order valence-corrected chi connectivity index (χ4v) is 3.06. The fraction of sp³-hybridized carbons (Fsp3) is 0.857. The first-order chi connectivity index (χ1) is 6.53. The van der Waals surface area contributed by atoms with Crippen LogP contribution in [0.25, 0.3) is 0 Å². The Kier molecular flexibility index (Phi) is 3.74. The molecule has 1 fully saturated rings. The minimum Gasteiger partial charge on any atom is -0.358 e. The van der Waals surface area contributed by atoms with Crippen LogP contribution < -0.4 is 5.32 Å². The van der Waals surface area contributed by atoms with E-state index in [1.54, 1.807) is 0 Å². The molecule has 0 radical (unpaired) electrons. The van der Waals surface area contributed by atoms with E-state index < -0.39 is 21.3 Å².